The third-order valence-electron chi connectivity index (χ3n) is 2.87. The van der Waals surface area contributed by atoms with E-state index in [0.29, 0.717) is 0 Å². The van der Waals surface area contributed by atoms with Crippen molar-refractivity contribution in [1.29, 1.82) is 0 Å². The van der Waals surface area contributed by atoms with Gasteiger partial charge in [-0.2, -0.15) is 0 Å². The van der Waals surface area contributed by atoms with E-state index in [2.05, 4.69) is 42.3 Å². The highest BCUT2D eigenvalue weighted by molar-refractivity contribution is 7.99. The van der Waals surface area contributed by atoms with E-state index in [1.54, 1.807) is 11.8 Å². The molecule has 19 heavy (non-hydrogen) atoms. The van der Waals surface area contributed by atoms with Crippen molar-refractivity contribution >= 4 is 11.8 Å². The highest BCUT2D eigenvalue weighted by Gasteiger charge is 2.02. The molecular weight excluding hydrogens is 252 g/mol. The number of aryl methyl sites for hydroxylation is 1. The quantitative estimate of drug-likeness (QED) is 0.803. The van der Waals surface area contributed by atoms with Gasteiger partial charge in [0.05, 0.1) is 0 Å². The average Bonchev–Trinajstić information content (AvgIpc) is 2.43. The minimum absolute atomic E-state index is 0.953. The van der Waals surface area contributed by atoms with Crippen LogP contribution >= 0.6 is 11.8 Å². The first-order valence-electron chi connectivity index (χ1n) is 6.67. The summed E-state index contributed by atoms with van der Waals surface area (Å²) in [6.45, 7) is 6.39. The Morgan fingerprint density at radius 1 is 1.16 bits per heavy atom. The van der Waals surface area contributed by atoms with Crippen LogP contribution in [0.1, 0.15) is 24.5 Å². The fraction of sp³-hybridized carbons (Fsp3) is 0.312. The van der Waals surface area contributed by atoms with Gasteiger partial charge in [-0.3, -0.25) is 4.98 Å². The van der Waals surface area contributed by atoms with Crippen molar-refractivity contribution in [2.75, 3.05) is 6.54 Å². The molecule has 0 amide bonds. The van der Waals surface area contributed by atoms with Crippen LogP contribution in [0.3, 0.4) is 0 Å². The van der Waals surface area contributed by atoms with Crippen molar-refractivity contribution in [2.45, 2.75) is 36.6 Å². The molecule has 2 rings (SSSR count). The van der Waals surface area contributed by atoms with Crippen molar-refractivity contribution in [3.05, 3.63) is 53.9 Å². The van der Waals surface area contributed by atoms with Crippen LogP contribution in [0.4, 0.5) is 0 Å². The molecule has 0 unspecified atom stereocenters. The van der Waals surface area contributed by atoms with Crippen LogP contribution in [0.2, 0.25) is 0 Å². The van der Waals surface area contributed by atoms with Gasteiger partial charge < -0.3 is 5.32 Å². The maximum absolute atomic E-state index is 4.04. The monoisotopic (exact) mass is 272 g/mol. The van der Waals surface area contributed by atoms with Gasteiger partial charge in [0.2, 0.25) is 0 Å². The molecule has 0 saturated carbocycles. The number of rotatable bonds is 6. The fourth-order valence-electron chi connectivity index (χ4n) is 1.88. The van der Waals surface area contributed by atoms with Crippen molar-refractivity contribution in [3.8, 4) is 0 Å². The molecule has 100 valence electrons. The molecule has 0 radical (unpaired) electrons. The topological polar surface area (TPSA) is 24.9 Å². The molecule has 0 aliphatic carbocycles. The molecule has 1 aromatic carbocycles. The lowest BCUT2D eigenvalue weighted by Gasteiger charge is -2.09. The predicted molar refractivity (Wildman–Crippen MR) is 81.5 cm³/mol. The SMILES string of the molecule is CCCNCc1ccc(Sc2ccncc2)c(C)c1. The Morgan fingerprint density at radius 2 is 1.95 bits per heavy atom. The Bertz CT molecular complexity index is 511. The first-order chi connectivity index (χ1) is 9.29. The van der Waals surface area contributed by atoms with Gasteiger partial charge in [-0.25, -0.2) is 0 Å². The number of hydrogen-bond acceptors (Lipinski definition) is 3. The van der Waals surface area contributed by atoms with Crippen LogP contribution in [-0.2, 0) is 6.54 Å². The maximum Gasteiger partial charge on any atom is 0.0279 e. The van der Waals surface area contributed by atoms with Crippen LogP contribution in [0, 0.1) is 6.92 Å². The lowest BCUT2D eigenvalue weighted by atomic mass is 10.1. The van der Waals surface area contributed by atoms with Crippen LogP contribution in [0.5, 0.6) is 0 Å². The Labute approximate surface area is 119 Å². The molecule has 0 aliphatic rings. The van der Waals surface area contributed by atoms with Crippen LogP contribution in [0.15, 0.2) is 52.5 Å². The molecule has 0 bridgehead atoms. The fourth-order valence-corrected chi connectivity index (χ4v) is 2.75. The van der Waals surface area contributed by atoms with Crippen LogP contribution < -0.4 is 5.32 Å². The van der Waals surface area contributed by atoms with Gasteiger partial charge in [-0.1, -0.05) is 30.8 Å². The van der Waals surface area contributed by atoms with Crippen LogP contribution in [-0.4, -0.2) is 11.5 Å². The van der Waals surface area contributed by atoms with E-state index < -0.39 is 0 Å². The number of pyridine rings is 1. The molecule has 1 heterocycles. The van der Waals surface area contributed by atoms with Gasteiger partial charge in [0.1, 0.15) is 0 Å². The predicted octanol–water partition coefficient (Wildman–Crippen LogP) is 4.04. The van der Waals surface area contributed by atoms with E-state index in [1.165, 1.54) is 27.3 Å². The van der Waals surface area contributed by atoms with Crippen molar-refractivity contribution in [1.82, 2.24) is 10.3 Å². The minimum Gasteiger partial charge on any atom is -0.313 e. The highest BCUT2D eigenvalue weighted by atomic mass is 32.2. The first-order valence-corrected chi connectivity index (χ1v) is 7.49. The Kier molecular flexibility index (Phi) is 5.43. The molecule has 0 spiro atoms. The summed E-state index contributed by atoms with van der Waals surface area (Å²) in [4.78, 5) is 6.59. The summed E-state index contributed by atoms with van der Waals surface area (Å²) in [5, 5.41) is 3.43. The zero-order valence-electron chi connectivity index (χ0n) is 11.5. The molecule has 3 heteroatoms. The smallest absolute Gasteiger partial charge is 0.0279 e. The number of nitrogens with one attached hydrogen (secondary N) is 1. The Hall–Kier alpha value is -1.32. The van der Waals surface area contributed by atoms with Gasteiger partial charge in [0.25, 0.3) is 0 Å². The third-order valence-corrected chi connectivity index (χ3v) is 4.06. The largest absolute Gasteiger partial charge is 0.313 e. The maximum atomic E-state index is 4.04. The lowest BCUT2D eigenvalue weighted by molar-refractivity contribution is 0.675. The van der Waals surface area contributed by atoms with E-state index in [-0.39, 0.29) is 0 Å². The molecule has 0 saturated heterocycles. The van der Waals surface area contributed by atoms with Crippen molar-refractivity contribution in [2.24, 2.45) is 0 Å². The van der Waals surface area contributed by atoms with Crippen molar-refractivity contribution < 1.29 is 0 Å². The second kappa shape index (κ2) is 7.31. The molecule has 1 N–H and O–H groups in total. The number of benzene rings is 1. The summed E-state index contributed by atoms with van der Waals surface area (Å²) < 4.78 is 0. The zero-order valence-corrected chi connectivity index (χ0v) is 12.3. The second-order valence-electron chi connectivity index (χ2n) is 4.56. The number of nitrogens with zero attached hydrogens (tertiary/aromatic N) is 1. The lowest BCUT2D eigenvalue weighted by Crippen LogP contribution is -2.13. The van der Waals surface area contributed by atoms with E-state index in [4.69, 9.17) is 0 Å². The summed E-state index contributed by atoms with van der Waals surface area (Å²) in [5.74, 6) is 0. The summed E-state index contributed by atoms with van der Waals surface area (Å²) in [6, 6.07) is 10.8. The second-order valence-corrected chi connectivity index (χ2v) is 5.68. The van der Waals surface area contributed by atoms with Crippen molar-refractivity contribution in [3.63, 3.8) is 0 Å². The zero-order chi connectivity index (χ0) is 13.5. The Balaban J connectivity index is 2.03. The van der Waals surface area contributed by atoms with Gasteiger partial charge >= 0.3 is 0 Å². The molecule has 0 aliphatic heterocycles. The molecular formula is C16H20N2S. The number of aromatic nitrogens is 1. The normalized spacial score (nSPS) is 10.6. The summed E-state index contributed by atoms with van der Waals surface area (Å²) in [7, 11) is 0. The first kappa shape index (κ1) is 14.1. The van der Waals surface area contributed by atoms with Crippen LogP contribution in [0.25, 0.3) is 0 Å². The van der Waals surface area contributed by atoms with E-state index >= 15 is 0 Å². The molecule has 2 aromatic rings. The van der Waals surface area contributed by atoms with Gasteiger partial charge in [-0.15, -0.1) is 0 Å². The average molecular weight is 272 g/mol. The van der Waals surface area contributed by atoms with Gasteiger partial charge in [0.15, 0.2) is 0 Å². The standard InChI is InChI=1S/C16H20N2S/c1-3-8-18-12-14-4-5-16(13(2)11-14)19-15-6-9-17-10-7-15/h4-7,9-11,18H,3,8,12H2,1-2H3. The molecule has 1 aromatic heterocycles. The highest BCUT2D eigenvalue weighted by Crippen LogP contribution is 2.30. The van der Waals surface area contributed by atoms with Gasteiger partial charge in [0, 0.05) is 28.7 Å². The molecule has 0 atom stereocenters. The third kappa shape index (κ3) is 4.37. The van der Waals surface area contributed by atoms with E-state index in [9.17, 15) is 0 Å². The van der Waals surface area contributed by atoms with E-state index in [0.717, 1.165) is 13.1 Å². The molecule has 2 nitrogen and oxygen atoms in total. The Morgan fingerprint density at radius 3 is 2.63 bits per heavy atom. The molecule has 0 fully saturated rings. The minimum atomic E-state index is 0.953. The summed E-state index contributed by atoms with van der Waals surface area (Å²) in [6.07, 6.45) is 4.84. The van der Waals surface area contributed by atoms with E-state index in [1.807, 2.05) is 24.5 Å². The van der Waals surface area contributed by atoms with Gasteiger partial charge in [-0.05, 0) is 49.2 Å². The summed E-state index contributed by atoms with van der Waals surface area (Å²) in [5.41, 5.74) is 2.68. The number of hydrogen-bond donors (Lipinski definition) is 1. The summed E-state index contributed by atoms with van der Waals surface area (Å²) >= 11 is 1.79.